The van der Waals surface area contributed by atoms with Gasteiger partial charge in [-0.05, 0) is 36.8 Å². The Hall–Kier alpha value is -3.68. The summed E-state index contributed by atoms with van der Waals surface area (Å²) >= 11 is 0. The van der Waals surface area contributed by atoms with E-state index in [2.05, 4.69) is 5.32 Å². The van der Waals surface area contributed by atoms with Crippen molar-refractivity contribution in [2.75, 3.05) is 26.6 Å². The fourth-order valence-electron chi connectivity index (χ4n) is 2.89. The Morgan fingerprint density at radius 3 is 2.25 bits per heavy atom. The van der Waals surface area contributed by atoms with Gasteiger partial charge in [-0.2, -0.15) is 0 Å². The summed E-state index contributed by atoms with van der Waals surface area (Å²) in [6.45, 7) is 1.74. The van der Waals surface area contributed by atoms with E-state index in [1.54, 1.807) is 13.0 Å². The number of amides is 1. The molecule has 0 spiro atoms. The summed E-state index contributed by atoms with van der Waals surface area (Å²) < 4.78 is 21.0. The molecule has 0 aliphatic carbocycles. The lowest BCUT2D eigenvalue weighted by atomic mass is 10.1. The van der Waals surface area contributed by atoms with Gasteiger partial charge >= 0.3 is 5.63 Å². The van der Waals surface area contributed by atoms with Crippen LogP contribution in [0.3, 0.4) is 0 Å². The first-order valence-corrected chi connectivity index (χ1v) is 8.27. The van der Waals surface area contributed by atoms with Crippen LogP contribution in [0.25, 0.3) is 11.0 Å². The molecule has 0 radical (unpaired) electrons. The molecule has 1 heterocycles. The highest BCUT2D eigenvalue weighted by molar-refractivity contribution is 6.10. The number of phenols is 1. The van der Waals surface area contributed by atoms with Gasteiger partial charge in [0.25, 0.3) is 5.91 Å². The van der Waals surface area contributed by atoms with E-state index in [9.17, 15) is 14.7 Å². The summed E-state index contributed by atoms with van der Waals surface area (Å²) in [6.07, 6.45) is 0. The molecule has 3 aromatic rings. The van der Waals surface area contributed by atoms with E-state index in [1.165, 1.54) is 45.6 Å². The van der Waals surface area contributed by atoms with Gasteiger partial charge in [-0.1, -0.05) is 0 Å². The Morgan fingerprint density at radius 1 is 1.04 bits per heavy atom. The average Bonchev–Trinajstić information content (AvgIpc) is 2.68. The molecule has 146 valence electrons. The van der Waals surface area contributed by atoms with Crippen LogP contribution >= 0.6 is 0 Å². The standard InChI is InChI=1S/C20H19NO7/c1-10-7-16(23)28-18-12(10)5-6-13(22)17(18)21-20(24)11-8-14(25-2)19(27-4)15(9-11)26-3/h5-9,22H,1-4H3,(H,21,24). The van der Waals surface area contributed by atoms with Crippen molar-refractivity contribution in [2.24, 2.45) is 0 Å². The minimum absolute atomic E-state index is 0.00273. The number of aromatic hydroxyl groups is 1. The Morgan fingerprint density at radius 2 is 1.68 bits per heavy atom. The number of aryl methyl sites for hydroxylation is 1. The summed E-state index contributed by atoms with van der Waals surface area (Å²) in [6, 6.07) is 7.31. The average molecular weight is 385 g/mol. The first kappa shape index (κ1) is 19.1. The first-order chi connectivity index (χ1) is 13.4. The number of nitrogens with one attached hydrogen (secondary N) is 1. The molecule has 8 nitrogen and oxygen atoms in total. The van der Waals surface area contributed by atoms with Crippen molar-refractivity contribution < 1.29 is 28.5 Å². The van der Waals surface area contributed by atoms with Gasteiger partial charge in [0.1, 0.15) is 11.4 Å². The van der Waals surface area contributed by atoms with Gasteiger partial charge in [-0.15, -0.1) is 0 Å². The Bertz CT molecular complexity index is 1090. The van der Waals surface area contributed by atoms with E-state index >= 15 is 0 Å². The highest BCUT2D eigenvalue weighted by atomic mass is 16.5. The zero-order chi connectivity index (χ0) is 20.4. The summed E-state index contributed by atoms with van der Waals surface area (Å²) in [5.41, 5.74) is 0.358. The van der Waals surface area contributed by atoms with Gasteiger partial charge in [-0.3, -0.25) is 4.79 Å². The number of phenolic OH excluding ortho intramolecular Hbond substituents is 1. The van der Waals surface area contributed by atoms with E-state index in [1.807, 2.05) is 0 Å². The maximum atomic E-state index is 12.8. The molecular weight excluding hydrogens is 366 g/mol. The minimum Gasteiger partial charge on any atom is -0.506 e. The molecule has 0 aliphatic rings. The summed E-state index contributed by atoms with van der Waals surface area (Å²) in [7, 11) is 4.33. The van der Waals surface area contributed by atoms with Gasteiger partial charge < -0.3 is 29.1 Å². The van der Waals surface area contributed by atoms with Gasteiger partial charge in [-0.25, -0.2) is 4.79 Å². The van der Waals surface area contributed by atoms with Crippen molar-refractivity contribution in [1.29, 1.82) is 0 Å². The number of carbonyl (C=O) groups excluding carboxylic acids is 1. The molecule has 0 fully saturated rings. The third kappa shape index (κ3) is 3.32. The number of methoxy groups -OCH3 is 3. The van der Waals surface area contributed by atoms with Crippen LogP contribution in [-0.2, 0) is 0 Å². The highest BCUT2D eigenvalue weighted by Crippen LogP contribution is 2.39. The van der Waals surface area contributed by atoms with Crippen molar-refractivity contribution in [2.45, 2.75) is 6.92 Å². The molecule has 2 N–H and O–H groups in total. The predicted octanol–water partition coefficient (Wildman–Crippen LogP) is 3.09. The molecule has 0 bridgehead atoms. The first-order valence-electron chi connectivity index (χ1n) is 8.27. The second kappa shape index (κ2) is 7.51. The van der Waals surface area contributed by atoms with E-state index in [4.69, 9.17) is 18.6 Å². The third-order valence-electron chi connectivity index (χ3n) is 4.26. The van der Waals surface area contributed by atoms with Crippen LogP contribution in [0.1, 0.15) is 15.9 Å². The Labute approximate surface area is 160 Å². The second-order valence-corrected chi connectivity index (χ2v) is 5.95. The molecule has 1 amide bonds. The summed E-state index contributed by atoms with van der Waals surface area (Å²) in [4.78, 5) is 24.6. The number of rotatable bonds is 5. The Kier molecular flexibility index (Phi) is 5.12. The number of hydrogen-bond donors (Lipinski definition) is 2. The maximum Gasteiger partial charge on any atom is 0.336 e. The number of fused-ring (bicyclic) bond motifs is 1. The van der Waals surface area contributed by atoms with Crippen molar-refractivity contribution in [3.8, 4) is 23.0 Å². The third-order valence-corrected chi connectivity index (χ3v) is 4.26. The molecule has 0 atom stereocenters. The molecule has 3 rings (SSSR count). The maximum absolute atomic E-state index is 12.8. The molecular formula is C20H19NO7. The molecule has 1 aromatic heterocycles. The molecule has 28 heavy (non-hydrogen) atoms. The van der Waals surface area contributed by atoms with Gasteiger partial charge in [0, 0.05) is 17.0 Å². The SMILES string of the molecule is COc1cc(C(=O)Nc2c(O)ccc3c(C)cc(=O)oc23)cc(OC)c1OC. The number of benzene rings is 2. The Balaban J connectivity index is 2.09. The number of anilines is 1. The zero-order valence-electron chi connectivity index (χ0n) is 15.8. The van der Waals surface area contributed by atoms with Gasteiger partial charge in [0.2, 0.25) is 5.75 Å². The normalized spacial score (nSPS) is 10.6. The second-order valence-electron chi connectivity index (χ2n) is 5.95. The fourth-order valence-corrected chi connectivity index (χ4v) is 2.89. The molecule has 0 unspecified atom stereocenters. The predicted molar refractivity (Wildman–Crippen MR) is 103 cm³/mol. The minimum atomic E-state index is -0.584. The zero-order valence-corrected chi connectivity index (χ0v) is 15.8. The number of ether oxygens (including phenoxy) is 3. The molecule has 2 aromatic carbocycles. The van der Waals surface area contributed by atoms with Crippen molar-refractivity contribution >= 4 is 22.6 Å². The molecule has 0 aliphatic heterocycles. The topological polar surface area (TPSA) is 107 Å². The smallest absolute Gasteiger partial charge is 0.336 e. The van der Waals surface area contributed by atoms with E-state index in [-0.39, 0.29) is 22.6 Å². The van der Waals surface area contributed by atoms with Crippen LogP contribution < -0.4 is 25.2 Å². The van der Waals surface area contributed by atoms with E-state index in [0.717, 1.165) is 0 Å². The van der Waals surface area contributed by atoms with Crippen LogP contribution in [-0.4, -0.2) is 32.3 Å². The number of hydrogen-bond acceptors (Lipinski definition) is 7. The van der Waals surface area contributed by atoms with Crippen LogP contribution in [0.2, 0.25) is 0 Å². The lowest BCUT2D eigenvalue weighted by Crippen LogP contribution is -2.13. The number of carbonyl (C=O) groups is 1. The van der Waals surface area contributed by atoms with Crippen molar-refractivity contribution in [3.63, 3.8) is 0 Å². The summed E-state index contributed by atoms with van der Waals surface area (Å²) in [5.74, 6) is 0.150. The fraction of sp³-hybridized carbons (Fsp3) is 0.200. The highest BCUT2D eigenvalue weighted by Gasteiger charge is 2.20. The van der Waals surface area contributed by atoms with Crippen LogP contribution in [0.4, 0.5) is 5.69 Å². The summed E-state index contributed by atoms with van der Waals surface area (Å²) in [5, 5.41) is 13.4. The largest absolute Gasteiger partial charge is 0.506 e. The molecule has 0 saturated heterocycles. The van der Waals surface area contributed by atoms with Crippen LogP contribution in [0.15, 0.2) is 39.5 Å². The quantitative estimate of drug-likeness (QED) is 0.513. The van der Waals surface area contributed by atoms with E-state index in [0.29, 0.717) is 28.2 Å². The van der Waals surface area contributed by atoms with Crippen LogP contribution in [0.5, 0.6) is 23.0 Å². The lowest BCUT2D eigenvalue weighted by Gasteiger charge is -2.15. The van der Waals surface area contributed by atoms with Gasteiger partial charge in [0.15, 0.2) is 17.1 Å². The van der Waals surface area contributed by atoms with E-state index < -0.39 is 11.5 Å². The van der Waals surface area contributed by atoms with Crippen LogP contribution in [0, 0.1) is 6.92 Å². The molecule has 0 saturated carbocycles. The monoisotopic (exact) mass is 385 g/mol. The van der Waals surface area contributed by atoms with Crippen molar-refractivity contribution in [3.05, 3.63) is 51.9 Å². The molecule has 8 heteroatoms. The lowest BCUT2D eigenvalue weighted by molar-refractivity contribution is 0.102. The van der Waals surface area contributed by atoms with Gasteiger partial charge in [0.05, 0.1) is 21.3 Å². The van der Waals surface area contributed by atoms with Crippen molar-refractivity contribution in [1.82, 2.24) is 0 Å².